The van der Waals surface area contributed by atoms with Gasteiger partial charge in [-0.1, -0.05) is 24.3 Å². The van der Waals surface area contributed by atoms with Crippen LogP contribution in [0.4, 0.5) is 0 Å². The van der Waals surface area contributed by atoms with Crippen LogP contribution in [-0.2, 0) is 0 Å². The van der Waals surface area contributed by atoms with Gasteiger partial charge < -0.3 is 0 Å². The fourth-order valence-corrected chi connectivity index (χ4v) is 2.25. The normalized spacial score (nSPS) is 10.6. The number of nitrogens with zero attached hydrogens (tertiary/aromatic N) is 2. The third-order valence-electron chi connectivity index (χ3n) is 3.05. The van der Waals surface area contributed by atoms with Gasteiger partial charge in [0.05, 0.1) is 11.8 Å². The van der Waals surface area contributed by atoms with Gasteiger partial charge in [-0.05, 0) is 45.8 Å². The van der Waals surface area contributed by atoms with Gasteiger partial charge in [0.1, 0.15) is 0 Å². The van der Waals surface area contributed by atoms with Gasteiger partial charge in [0.15, 0.2) is 0 Å². The molecular weight excluding hydrogens is 362 g/mol. The van der Waals surface area contributed by atoms with Crippen molar-refractivity contribution in [1.29, 1.82) is 0 Å². The Morgan fingerprint density at radius 3 is 2.43 bits per heavy atom. The lowest BCUT2D eigenvalue weighted by Gasteiger charge is -2.11. The predicted octanol–water partition coefficient (Wildman–Crippen LogP) is 2.67. The van der Waals surface area contributed by atoms with Crippen LogP contribution in [0.25, 0.3) is 0 Å². The Morgan fingerprint density at radius 2 is 1.83 bits per heavy atom. The second kappa shape index (κ2) is 7.66. The van der Waals surface area contributed by atoms with Crippen LogP contribution in [-0.4, -0.2) is 35.3 Å². The summed E-state index contributed by atoms with van der Waals surface area (Å²) in [7, 11) is 1.56. The number of hydrogen-bond donors (Lipinski definition) is 2. The third-order valence-corrected chi connectivity index (χ3v) is 3.74. The standard InChI is InChI=1S/C16H14BrN3O3/c1-20(16(22)13-4-2-3-5-14(13)17)18-10-11-6-8-12(9-7-11)15(21)19-23/h2-10,23H,1H3,(H,19,21). The molecule has 0 heterocycles. The topological polar surface area (TPSA) is 82.0 Å². The highest BCUT2D eigenvalue weighted by Crippen LogP contribution is 2.17. The van der Waals surface area contributed by atoms with E-state index in [1.165, 1.54) is 11.2 Å². The lowest BCUT2D eigenvalue weighted by atomic mass is 10.1. The van der Waals surface area contributed by atoms with Gasteiger partial charge in [-0.25, -0.2) is 10.5 Å². The maximum atomic E-state index is 12.3. The van der Waals surface area contributed by atoms with Crippen molar-refractivity contribution >= 4 is 34.0 Å². The minimum absolute atomic E-state index is 0.245. The molecule has 0 radical (unpaired) electrons. The van der Waals surface area contributed by atoms with Crippen molar-refractivity contribution in [2.24, 2.45) is 5.10 Å². The highest BCUT2D eigenvalue weighted by molar-refractivity contribution is 9.10. The summed E-state index contributed by atoms with van der Waals surface area (Å²) < 4.78 is 0.700. The van der Waals surface area contributed by atoms with Crippen LogP contribution in [0.2, 0.25) is 0 Å². The average Bonchev–Trinajstić information content (AvgIpc) is 2.59. The molecule has 0 unspecified atom stereocenters. The van der Waals surface area contributed by atoms with Gasteiger partial charge in [-0.15, -0.1) is 0 Å². The zero-order valence-corrected chi connectivity index (χ0v) is 13.8. The molecule has 23 heavy (non-hydrogen) atoms. The number of rotatable bonds is 4. The number of hydrazone groups is 1. The number of benzene rings is 2. The van der Waals surface area contributed by atoms with Crippen molar-refractivity contribution in [3.63, 3.8) is 0 Å². The summed E-state index contributed by atoms with van der Waals surface area (Å²) >= 11 is 3.33. The van der Waals surface area contributed by atoms with Gasteiger partial charge >= 0.3 is 0 Å². The van der Waals surface area contributed by atoms with E-state index >= 15 is 0 Å². The summed E-state index contributed by atoms with van der Waals surface area (Å²) in [6.45, 7) is 0. The van der Waals surface area contributed by atoms with E-state index in [0.717, 1.165) is 0 Å². The maximum absolute atomic E-state index is 12.3. The summed E-state index contributed by atoms with van der Waals surface area (Å²) in [6, 6.07) is 13.5. The quantitative estimate of drug-likeness (QED) is 0.489. The van der Waals surface area contributed by atoms with Gasteiger partial charge in [-0.3, -0.25) is 14.8 Å². The van der Waals surface area contributed by atoms with Gasteiger partial charge in [0, 0.05) is 17.1 Å². The second-order valence-electron chi connectivity index (χ2n) is 4.62. The Kier molecular flexibility index (Phi) is 5.61. The first kappa shape index (κ1) is 16.9. The van der Waals surface area contributed by atoms with E-state index in [1.54, 1.807) is 55.0 Å². The maximum Gasteiger partial charge on any atom is 0.274 e. The first-order chi connectivity index (χ1) is 11.0. The summed E-state index contributed by atoms with van der Waals surface area (Å²) in [4.78, 5) is 23.5. The van der Waals surface area contributed by atoms with Crippen molar-refractivity contribution in [2.45, 2.75) is 0 Å². The summed E-state index contributed by atoms with van der Waals surface area (Å²) in [5, 5.41) is 13.9. The largest absolute Gasteiger partial charge is 0.288 e. The van der Waals surface area contributed by atoms with Crippen LogP contribution < -0.4 is 5.48 Å². The first-order valence-electron chi connectivity index (χ1n) is 6.64. The van der Waals surface area contributed by atoms with E-state index in [-0.39, 0.29) is 5.91 Å². The van der Waals surface area contributed by atoms with E-state index in [0.29, 0.717) is 21.2 Å². The van der Waals surface area contributed by atoms with Crippen molar-refractivity contribution in [3.05, 3.63) is 69.7 Å². The van der Waals surface area contributed by atoms with E-state index in [2.05, 4.69) is 21.0 Å². The third kappa shape index (κ3) is 4.24. The monoisotopic (exact) mass is 375 g/mol. The van der Waals surface area contributed by atoms with Crippen LogP contribution in [0.15, 0.2) is 58.1 Å². The number of halogens is 1. The average molecular weight is 376 g/mol. The molecule has 2 amide bonds. The highest BCUT2D eigenvalue weighted by Gasteiger charge is 2.13. The summed E-state index contributed by atoms with van der Waals surface area (Å²) in [6.07, 6.45) is 1.51. The lowest BCUT2D eigenvalue weighted by Crippen LogP contribution is -2.21. The van der Waals surface area contributed by atoms with Crippen LogP contribution in [0.5, 0.6) is 0 Å². The number of nitrogens with one attached hydrogen (secondary N) is 1. The van der Waals surface area contributed by atoms with Gasteiger partial charge in [0.25, 0.3) is 11.8 Å². The van der Waals surface area contributed by atoms with Crippen LogP contribution >= 0.6 is 15.9 Å². The number of amides is 2. The molecule has 2 rings (SSSR count). The van der Waals surface area contributed by atoms with Gasteiger partial charge in [-0.2, -0.15) is 5.10 Å². The Labute approximate surface area is 141 Å². The molecule has 0 spiro atoms. The molecule has 0 aliphatic heterocycles. The molecule has 0 bridgehead atoms. The zero-order chi connectivity index (χ0) is 16.8. The molecule has 2 aromatic rings. The van der Waals surface area contributed by atoms with E-state index < -0.39 is 5.91 Å². The van der Waals surface area contributed by atoms with E-state index in [1.807, 2.05) is 6.07 Å². The van der Waals surface area contributed by atoms with Crippen LogP contribution in [0.1, 0.15) is 26.3 Å². The summed E-state index contributed by atoms with van der Waals surface area (Å²) in [5.41, 5.74) is 3.11. The molecule has 6 nitrogen and oxygen atoms in total. The first-order valence-corrected chi connectivity index (χ1v) is 7.43. The molecule has 2 N–H and O–H groups in total. The Bertz CT molecular complexity index is 744. The number of carbonyl (C=O) groups is 2. The number of hydrogen-bond acceptors (Lipinski definition) is 4. The molecule has 0 atom stereocenters. The molecule has 0 fully saturated rings. The highest BCUT2D eigenvalue weighted by atomic mass is 79.9. The van der Waals surface area contributed by atoms with Gasteiger partial charge in [0.2, 0.25) is 0 Å². The van der Waals surface area contributed by atoms with E-state index in [4.69, 9.17) is 5.21 Å². The second-order valence-corrected chi connectivity index (χ2v) is 5.47. The molecule has 7 heteroatoms. The Hall–Kier alpha value is -2.51. The number of carbonyl (C=O) groups excluding carboxylic acids is 2. The lowest BCUT2D eigenvalue weighted by molar-refractivity contribution is 0.0706. The fourth-order valence-electron chi connectivity index (χ4n) is 1.80. The molecule has 0 aromatic heterocycles. The fraction of sp³-hybridized carbons (Fsp3) is 0.0625. The van der Waals surface area contributed by atoms with Crippen LogP contribution in [0, 0.1) is 0 Å². The molecule has 0 aliphatic rings. The minimum atomic E-state index is -0.588. The molecular formula is C16H14BrN3O3. The molecule has 0 saturated carbocycles. The van der Waals surface area contributed by atoms with Crippen LogP contribution in [0.3, 0.4) is 0 Å². The smallest absolute Gasteiger partial charge is 0.274 e. The Morgan fingerprint density at radius 1 is 1.17 bits per heavy atom. The molecule has 2 aromatic carbocycles. The Balaban J connectivity index is 2.09. The predicted molar refractivity (Wildman–Crippen MR) is 89.5 cm³/mol. The summed E-state index contributed by atoms with van der Waals surface area (Å²) in [5.74, 6) is -0.834. The molecule has 0 saturated heterocycles. The van der Waals surface area contributed by atoms with Crippen molar-refractivity contribution in [3.8, 4) is 0 Å². The van der Waals surface area contributed by atoms with Crippen molar-refractivity contribution < 1.29 is 14.8 Å². The minimum Gasteiger partial charge on any atom is -0.288 e. The molecule has 0 aliphatic carbocycles. The SMILES string of the molecule is CN(N=Cc1ccc(C(=O)NO)cc1)C(=O)c1ccccc1Br. The number of hydroxylamine groups is 1. The van der Waals surface area contributed by atoms with Crippen molar-refractivity contribution in [2.75, 3.05) is 7.05 Å². The van der Waals surface area contributed by atoms with E-state index in [9.17, 15) is 9.59 Å². The molecule has 118 valence electrons. The van der Waals surface area contributed by atoms with Crippen molar-refractivity contribution in [1.82, 2.24) is 10.5 Å². The zero-order valence-electron chi connectivity index (χ0n) is 12.2.